The van der Waals surface area contributed by atoms with Crippen molar-refractivity contribution in [2.75, 3.05) is 11.4 Å². The molecule has 1 aromatic carbocycles. The van der Waals surface area contributed by atoms with Crippen molar-refractivity contribution in [3.05, 3.63) is 30.1 Å². The van der Waals surface area contributed by atoms with Crippen molar-refractivity contribution in [3.8, 4) is 0 Å². The first kappa shape index (κ1) is 12.5. The van der Waals surface area contributed by atoms with Gasteiger partial charge in [-0.15, -0.1) is 0 Å². The Morgan fingerprint density at radius 3 is 2.72 bits per heavy atom. The molecule has 96 valence electrons. The molecule has 0 bridgehead atoms. The van der Waals surface area contributed by atoms with Crippen LogP contribution in [0.1, 0.15) is 19.8 Å². The van der Waals surface area contributed by atoms with E-state index in [1.54, 1.807) is 24.0 Å². The number of nitrogens with one attached hydrogen (secondary N) is 1. The highest BCUT2D eigenvalue weighted by Gasteiger charge is 2.31. The maximum atomic E-state index is 12.8. The summed E-state index contributed by atoms with van der Waals surface area (Å²) in [6.45, 7) is 2.21. The lowest BCUT2D eigenvalue weighted by Gasteiger charge is -2.17. The lowest BCUT2D eigenvalue weighted by Crippen LogP contribution is -2.36. The number of carbonyl (C=O) groups excluding carboxylic acids is 2. The minimum absolute atomic E-state index is 0.0528. The first-order valence-corrected chi connectivity index (χ1v) is 5.95. The summed E-state index contributed by atoms with van der Waals surface area (Å²) in [5.74, 6) is -0.446. The third-order valence-corrected chi connectivity index (χ3v) is 2.95. The van der Waals surface area contributed by atoms with Crippen LogP contribution in [0.25, 0.3) is 0 Å². The van der Waals surface area contributed by atoms with Gasteiger partial charge in [-0.1, -0.05) is 6.92 Å². The maximum absolute atomic E-state index is 12.8. The van der Waals surface area contributed by atoms with Gasteiger partial charge < -0.3 is 10.2 Å². The fraction of sp³-hybridized carbons (Fsp3) is 0.385. The molecule has 0 radical (unpaired) electrons. The monoisotopic (exact) mass is 250 g/mol. The summed E-state index contributed by atoms with van der Waals surface area (Å²) in [5, 5.41) is 2.79. The number of amides is 2. The molecule has 0 saturated carbocycles. The van der Waals surface area contributed by atoms with Gasteiger partial charge in [0.05, 0.1) is 6.04 Å². The summed E-state index contributed by atoms with van der Waals surface area (Å²) in [4.78, 5) is 24.7. The van der Waals surface area contributed by atoms with Gasteiger partial charge >= 0.3 is 0 Å². The Kier molecular flexibility index (Phi) is 3.60. The first-order chi connectivity index (χ1) is 8.60. The predicted molar refractivity (Wildman–Crippen MR) is 65.6 cm³/mol. The third kappa shape index (κ3) is 2.67. The van der Waals surface area contributed by atoms with Crippen LogP contribution in [0, 0.1) is 5.82 Å². The maximum Gasteiger partial charge on any atom is 0.229 e. The van der Waals surface area contributed by atoms with Crippen LogP contribution in [0.4, 0.5) is 10.1 Å². The Bertz CT molecular complexity index is 459. The predicted octanol–water partition coefficient (Wildman–Crippen LogP) is 1.46. The van der Waals surface area contributed by atoms with Gasteiger partial charge in [-0.25, -0.2) is 4.39 Å². The lowest BCUT2D eigenvalue weighted by atomic mass is 10.2. The van der Waals surface area contributed by atoms with E-state index in [1.165, 1.54) is 12.1 Å². The summed E-state index contributed by atoms with van der Waals surface area (Å²) >= 11 is 0. The Balaban J connectivity index is 2.05. The zero-order chi connectivity index (χ0) is 13.1. The van der Waals surface area contributed by atoms with Crippen molar-refractivity contribution in [1.29, 1.82) is 0 Å². The molecule has 0 aliphatic carbocycles. The topological polar surface area (TPSA) is 49.4 Å². The quantitative estimate of drug-likeness (QED) is 0.882. The van der Waals surface area contributed by atoms with Gasteiger partial charge in [0.25, 0.3) is 0 Å². The van der Waals surface area contributed by atoms with E-state index in [2.05, 4.69) is 5.32 Å². The molecule has 2 amide bonds. The van der Waals surface area contributed by atoms with Crippen molar-refractivity contribution >= 4 is 17.5 Å². The van der Waals surface area contributed by atoms with Gasteiger partial charge in [0.2, 0.25) is 11.8 Å². The van der Waals surface area contributed by atoms with Gasteiger partial charge in [-0.3, -0.25) is 9.59 Å². The molecule has 1 unspecified atom stereocenters. The summed E-state index contributed by atoms with van der Waals surface area (Å²) in [5.41, 5.74) is 0.662. The van der Waals surface area contributed by atoms with Crippen molar-refractivity contribution in [2.24, 2.45) is 0 Å². The van der Waals surface area contributed by atoms with Crippen molar-refractivity contribution in [2.45, 2.75) is 25.8 Å². The fourth-order valence-electron chi connectivity index (χ4n) is 2.00. The highest BCUT2D eigenvalue weighted by molar-refractivity contribution is 5.96. The van der Waals surface area contributed by atoms with Crippen LogP contribution in [0.3, 0.4) is 0 Å². The Hall–Kier alpha value is -1.91. The van der Waals surface area contributed by atoms with E-state index in [0.29, 0.717) is 25.1 Å². The number of anilines is 1. The van der Waals surface area contributed by atoms with Crippen LogP contribution >= 0.6 is 0 Å². The van der Waals surface area contributed by atoms with E-state index in [1.807, 2.05) is 0 Å². The highest BCUT2D eigenvalue weighted by Crippen LogP contribution is 2.21. The van der Waals surface area contributed by atoms with E-state index in [-0.39, 0.29) is 23.7 Å². The number of hydrogen-bond acceptors (Lipinski definition) is 2. The van der Waals surface area contributed by atoms with Crippen molar-refractivity contribution in [3.63, 3.8) is 0 Å². The zero-order valence-electron chi connectivity index (χ0n) is 10.1. The molecule has 1 N–H and O–H groups in total. The van der Waals surface area contributed by atoms with E-state index in [9.17, 15) is 14.0 Å². The summed E-state index contributed by atoms with van der Waals surface area (Å²) in [7, 11) is 0. The number of nitrogens with zero attached hydrogens (tertiary/aromatic N) is 1. The van der Waals surface area contributed by atoms with Gasteiger partial charge in [-0.05, 0) is 24.3 Å². The smallest absolute Gasteiger partial charge is 0.229 e. The van der Waals surface area contributed by atoms with Crippen LogP contribution in [-0.2, 0) is 9.59 Å². The standard InChI is InChI=1S/C13H15FN2O2/c1-2-12(17)15-10-7-13(18)16(8-10)11-5-3-9(14)4-6-11/h3-6,10H,2,7-8H2,1H3,(H,15,17). The fourth-order valence-corrected chi connectivity index (χ4v) is 2.00. The molecule has 0 aromatic heterocycles. The van der Waals surface area contributed by atoms with Gasteiger partial charge in [0.1, 0.15) is 5.82 Å². The highest BCUT2D eigenvalue weighted by atomic mass is 19.1. The Labute approximate surface area is 105 Å². The van der Waals surface area contributed by atoms with Crippen LogP contribution in [0.15, 0.2) is 24.3 Å². The van der Waals surface area contributed by atoms with E-state index in [4.69, 9.17) is 0 Å². The zero-order valence-corrected chi connectivity index (χ0v) is 10.1. The average Bonchev–Trinajstić information content (AvgIpc) is 2.71. The van der Waals surface area contributed by atoms with E-state index in [0.717, 1.165) is 0 Å². The molecule has 1 fully saturated rings. The molecule has 1 atom stereocenters. The number of benzene rings is 1. The molecule has 5 heteroatoms. The van der Waals surface area contributed by atoms with Gasteiger partial charge in [0.15, 0.2) is 0 Å². The first-order valence-electron chi connectivity index (χ1n) is 5.95. The molecule has 1 aromatic rings. The van der Waals surface area contributed by atoms with Crippen LogP contribution in [0.2, 0.25) is 0 Å². The second-order valence-corrected chi connectivity index (χ2v) is 4.30. The minimum Gasteiger partial charge on any atom is -0.351 e. The summed E-state index contributed by atoms with van der Waals surface area (Å²) in [6, 6.07) is 5.62. The second-order valence-electron chi connectivity index (χ2n) is 4.30. The summed E-state index contributed by atoms with van der Waals surface area (Å²) in [6.07, 6.45) is 0.699. The Morgan fingerprint density at radius 1 is 1.44 bits per heavy atom. The SMILES string of the molecule is CCC(=O)NC1CC(=O)N(c2ccc(F)cc2)C1. The number of halogens is 1. The molecular formula is C13H15FN2O2. The molecule has 4 nitrogen and oxygen atoms in total. The normalized spacial score (nSPS) is 19.1. The van der Waals surface area contributed by atoms with E-state index < -0.39 is 0 Å². The van der Waals surface area contributed by atoms with Gasteiger partial charge in [-0.2, -0.15) is 0 Å². The molecule has 1 aliphatic rings. The Morgan fingerprint density at radius 2 is 2.11 bits per heavy atom. The van der Waals surface area contributed by atoms with Crippen LogP contribution in [-0.4, -0.2) is 24.4 Å². The summed E-state index contributed by atoms with van der Waals surface area (Å²) < 4.78 is 12.8. The second kappa shape index (κ2) is 5.16. The molecule has 1 saturated heterocycles. The molecule has 1 aliphatic heterocycles. The largest absolute Gasteiger partial charge is 0.351 e. The lowest BCUT2D eigenvalue weighted by molar-refractivity contribution is -0.121. The van der Waals surface area contributed by atoms with Crippen molar-refractivity contribution in [1.82, 2.24) is 5.32 Å². The van der Waals surface area contributed by atoms with E-state index >= 15 is 0 Å². The molecule has 1 heterocycles. The van der Waals surface area contributed by atoms with Crippen LogP contribution < -0.4 is 10.2 Å². The van der Waals surface area contributed by atoms with Gasteiger partial charge in [0, 0.05) is 25.1 Å². The molecular weight excluding hydrogens is 235 g/mol. The number of hydrogen-bond donors (Lipinski definition) is 1. The molecule has 18 heavy (non-hydrogen) atoms. The van der Waals surface area contributed by atoms with Crippen molar-refractivity contribution < 1.29 is 14.0 Å². The average molecular weight is 250 g/mol. The molecule has 2 rings (SSSR count). The number of carbonyl (C=O) groups is 2. The number of rotatable bonds is 3. The van der Waals surface area contributed by atoms with Crippen LogP contribution in [0.5, 0.6) is 0 Å². The third-order valence-electron chi connectivity index (χ3n) is 2.95. The molecule has 0 spiro atoms. The minimum atomic E-state index is -0.332.